The summed E-state index contributed by atoms with van der Waals surface area (Å²) < 4.78 is 0. The zero-order valence-electron chi connectivity index (χ0n) is 10.9. The summed E-state index contributed by atoms with van der Waals surface area (Å²) in [5.74, 6) is -0.149. The first-order valence-electron chi connectivity index (χ1n) is 6.17. The number of nitrogens with zero attached hydrogens (tertiary/aromatic N) is 4. The van der Waals surface area contributed by atoms with E-state index in [1.165, 1.54) is 6.21 Å². The van der Waals surface area contributed by atoms with Crippen molar-refractivity contribution in [3.05, 3.63) is 59.9 Å². The van der Waals surface area contributed by atoms with E-state index < -0.39 is 0 Å². The molecule has 1 aromatic carbocycles. The molecule has 0 N–H and O–H groups in total. The minimum atomic E-state index is -0.149. The Morgan fingerprint density at radius 3 is 2.75 bits per heavy atom. The van der Waals surface area contributed by atoms with Gasteiger partial charge in [0.05, 0.1) is 17.6 Å². The van der Waals surface area contributed by atoms with Crippen molar-refractivity contribution in [1.82, 2.24) is 4.98 Å². The summed E-state index contributed by atoms with van der Waals surface area (Å²) in [6.07, 6.45) is 3.21. The molecule has 5 heteroatoms. The van der Waals surface area contributed by atoms with Gasteiger partial charge in [-0.3, -0.25) is 9.78 Å². The SMILES string of the molecule is CN1C(=O)/C(=N/N=C\c2ccccn2)c2ccccc21. The second-order valence-corrected chi connectivity index (χ2v) is 4.33. The fraction of sp³-hybridized carbons (Fsp3) is 0.0667. The van der Waals surface area contributed by atoms with E-state index in [-0.39, 0.29) is 5.91 Å². The number of fused-ring (bicyclic) bond motifs is 1. The Kier molecular flexibility index (Phi) is 3.09. The van der Waals surface area contributed by atoms with Gasteiger partial charge < -0.3 is 4.90 Å². The molecule has 0 fully saturated rings. The molecule has 0 atom stereocenters. The molecule has 0 saturated heterocycles. The predicted octanol–water partition coefficient (Wildman–Crippen LogP) is 1.88. The molecule has 2 heterocycles. The fourth-order valence-electron chi connectivity index (χ4n) is 2.04. The van der Waals surface area contributed by atoms with Crippen LogP contribution in [0.1, 0.15) is 11.3 Å². The topological polar surface area (TPSA) is 57.9 Å². The maximum atomic E-state index is 12.1. The Morgan fingerprint density at radius 1 is 1.15 bits per heavy atom. The van der Waals surface area contributed by atoms with Crippen LogP contribution < -0.4 is 4.90 Å². The van der Waals surface area contributed by atoms with Crippen LogP contribution in [-0.4, -0.2) is 29.9 Å². The van der Waals surface area contributed by atoms with E-state index in [0.29, 0.717) is 11.4 Å². The average molecular weight is 264 g/mol. The lowest BCUT2D eigenvalue weighted by Crippen LogP contribution is -2.25. The van der Waals surface area contributed by atoms with Crippen LogP contribution in [0.25, 0.3) is 0 Å². The van der Waals surface area contributed by atoms with E-state index >= 15 is 0 Å². The van der Waals surface area contributed by atoms with E-state index in [9.17, 15) is 4.79 Å². The number of hydrogen-bond acceptors (Lipinski definition) is 4. The molecule has 3 rings (SSSR count). The maximum absolute atomic E-state index is 12.1. The van der Waals surface area contributed by atoms with E-state index in [1.54, 1.807) is 18.1 Å². The first-order valence-corrected chi connectivity index (χ1v) is 6.17. The largest absolute Gasteiger partial charge is 0.309 e. The fourth-order valence-corrected chi connectivity index (χ4v) is 2.04. The molecule has 0 radical (unpaired) electrons. The average Bonchev–Trinajstić information content (AvgIpc) is 2.74. The molecule has 0 saturated carbocycles. The number of para-hydroxylation sites is 1. The van der Waals surface area contributed by atoms with Gasteiger partial charge in [-0.25, -0.2) is 0 Å². The Hall–Kier alpha value is -2.82. The van der Waals surface area contributed by atoms with Crippen molar-refractivity contribution in [1.29, 1.82) is 0 Å². The predicted molar refractivity (Wildman–Crippen MR) is 78.2 cm³/mol. The number of rotatable bonds is 2. The lowest BCUT2D eigenvalue weighted by Gasteiger charge is -2.07. The van der Waals surface area contributed by atoms with Gasteiger partial charge in [0.15, 0.2) is 5.71 Å². The first-order chi connectivity index (χ1) is 9.77. The normalized spacial score (nSPS) is 16.1. The Labute approximate surface area is 116 Å². The number of carbonyl (C=O) groups excluding carboxylic acids is 1. The molecule has 1 aliphatic heterocycles. The number of carbonyl (C=O) groups is 1. The third kappa shape index (κ3) is 2.09. The Morgan fingerprint density at radius 2 is 1.95 bits per heavy atom. The molecular weight excluding hydrogens is 252 g/mol. The highest BCUT2D eigenvalue weighted by Crippen LogP contribution is 2.27. The van der Waals surface area contributed by atoms with Crippen LogP contribution in [-0.2, 0) is 4.79 Å². The zero-order valence-corrected chi connectivity index (χ0v) is 10.9. The van der Waals surface area contributed by atoms with Gasteiger partial charge >= 0.3 is 0 Å². The van der Waals surface area contributed by atoms with Crippen LogP contribution in [0.2, 0.25) is 0 Å². The highest BCUT2D eigenvalue weighted by atomic mass is 16.2. The van der Waals surface area contributed by atoms with Gasteiger partial charge in [-0.1, -0.05) is 24.3 Å². The first kappa shape index (κ1) is 12.2. The van der Waals surface area contributed by atoms with Gasteiger partial charge in [-0.15, -0.1) is 5.10 Å². The van der Waals surface area contributed by atoms with Gasteiger partial charge in [0.1, 0.15) is 0 Å². The highest BCUT2D eigenvalue weighted by Gasteiger charge is 2.30. The molecular formula is C15H12N4O. The third-order valence-corrected chi connectivity index (χ3v) is 3.06. The Bertz CT molecular complexity index is 707. The summed E-state index contributed by atoms with van der Waals surface area (Å²) >= 11 is 0. The van der Waals surface area contributed by atoms with Crippen LogP contribution >= 0.6 is 0 Å². The minimum Gasteiger partial charge on any atom is -0.309 e. The molecule has 0 spiro atoms. The van der Waals surface area contributed by atoms with Crippen molar-refractivity contribution >= 4 is 23.5 Å². The molecule has 20 heavy (non-hydrogen) atoms. The van der Waals surface area contributed by atoms with Crippen molar-refractivity contribution in [3.63, 3.8) is 0 Å². The summed E-state index contributed by atoms with van der Waals surface area (Å²) in [7, 11) is 1.73. The second-order valence-electron chi connectivity index (χ2n) is 4.33. The summed E-state index contributed by atoms with van der Waals surface area (Å²) in [6, 6.07) is 13.0. The van der Waals surface area contributed by atoms with Crippen LogP contribution in [0.5, 0.6) is 0 Å². The molecule has 1 amide bonds. The second kappa shape index (κ2) is 5.05. The summed E-state index contributed by atoms with van der Waals surface area (Å²) in [5, 5.41) is 8.01. The van der Waals surface area contributed by atoms with Gasteiger partial charge in [0.25, 0.3) is 5.91 Å². The molecule has 0 unspecified atom stereocenters. The molecule has 1 aromatic heterocycles. The smallest absolute Gasteiger partial charge is 0.279 e. The summed E-state index contributed by atoms with van der Waals surface area (Å²) in [5.41, 5.74) is 2.71. The van der Waals surface area contributed by atoms with Crippen LogP contribution in [0.4, 0.5) is 5.69 Å². The van der Waals surface area contributed by atoms with Crippen molar-refractivity contribution in [2.24, 2.45) is 10.2 Å². The van der Waals surface area contributed by atoms with Gasteiger partial charge in [-0.2, -0.15) is 5.10 Å². The minimum absolute atomic E-state index is 0.149. The standard InChI is InChI=1S/C15H12N4O/c1-19-13-8-3-2-7-12(13)14(15(19)20)18-17-10-11-6-4-5-9-16-11/h2-10H,1H3/b17-10-,18-14+. The lowest BCUT2D eigenvalue weighted by atomic mass is 10.1. The molecule has 98 valence electrons. The number of benzene rings is 1. The number of anilines is 1. The van der Waals surface area contributed by atoms with E-state index in [2.05, 4.69) is 15.2 Å². The van der Waals surface area contributed by atoms with Gasteiger partial charge in [0.2, 0.25) is 0 Å². The molecule has 0 aliphatic carbocycles. The van der Waals surface area contributed by atoms with Crippen molar-refractivity contribution in [2.45, 2.75) is 0 Å². The maximum Gasteiger partial charge on any atom is 0.279 e. The molecule has 0 bridgehead atoms. The Balaban J connectivity index is 1.93. The van der Waals surface area contributed by atoms with Crippen LogP contribution in [0, 0.1) is 0 Å². The van der Waals surface area contributed by atoms with Gasteiger partial charge in [-0.05, 0) is 18.2 Å². The van der Waals surface area contributed by atoms with E-state index in [0.717, 1.165) is 11.3 Å². The highest BCUT2D eigenvalue weighted by molar-refractivity contribution is 6.54. The number of amides is 1. The van der Waals surface area contributed by atoms with Crippen LogP contribution in [0.3, 0.4) is 0 Å². The molecule has 5 nitrogen and oxygen atoms in total. The summed E-state index contributed by atoms with van der Waals surface area (Å²) in [4.78, 5) is 17.8. The lowest BCUT2D eigenvalue weighted by molar-refractivity contribution is -0.111. The molecule has 1 aliphatic rings. The monoisotopic (exact) mass is 264 g/mol. The molecule has 2 aromatic rings. The zero-order chi connectivity index (χ0) is 13.9. The van der Waals surface area contributed by atoms with Crippen molar-refractivity contribution in [2.75, 3.05) is 11.9 Å². The number of pyridine rings is 1. The van der Waals surface area contributed by atoms with E-state index in [1.807, 2.05) is 42.5 Å². The summed E-state index contributed by atoms with van der Waals surface area (Å²) in [6.45, 7) is 0. The number of likely N-dealkylation sites (N-methyl/N-ethyl adjacent to an activating group) is 1. The number of aromatic nitrogens is 1. The third-order valence-electron chi connectivity index (χ3n) is 3.06. The number of hydrogen-bond donors (Lipinski definition) is 0. The quantitative estimate of drug-likeness (QED) is 0.614. The van der Waals surface area contributed by atoms with E-state index in [4.69, 9.17) is 0 Å². The van der Waals surface area contributed by atoms with Gasteiger partial charge in [0, 0.05) is 18.8 Å². The van der Waals surface area contributed by atoms with Crippen molar-refractivity contribution < 1.29 is 4.79 Å². The van der Waals surface area contributed by atoms with Crippen LogP contribution in [0.15, 0.2) is 58.9 Å². The van der Waals surface area contributed by atoms with Crippen molar-refractivity contribution in [3.8, 4) is 0 Å².